The van der Waals surface area contributed by atoms with E-state index in [1.807, 2.05) is 17.4 Å². The van der Waals surface area contributed by atoms with Crippen LogP contribution in [0.5, 0.6) is 0 Å². The Morgan fingerprint density at radius 3 is 1.77 bits per heavy atom. The van der Waals surface area contributed by atoms with E-state index < -0.39 is 0 Å². The minimum Gasteiger partial charge on any atom is -0.455 e. The fourth-order valence-corrected chi connectivity index (χ4v) is 8.64. The zero-order valence-electron chi connectivity index (χ0n) is 27.7. The summed E-state index contributed by atoms with van der Waals surface area (Å²) >= 11 is 1.81. The molecule has 5 heteroatoms. The van der Waals surface area contributed by atoms with Crippen LogP contribution >= 0.6 is 11.3 Å². The lowest BCUT2D eigenvalue weighted by Crippen LogP contribution is -2.00. The molecule has 8 aromatic carbocycles. The molecule has 3 aromatic heterocycles. The van der Waals surface area contributed by atoms with Gasteiger partial charge in [-0.15, -0.1) is 11.3 Å². The summed E-state index contributed by atoms with van der Waals surface area (Å²) < 4.78 is 9.10. The van der Waals surface area contributed by atoms with Crippen molar-refractivity contribution in [1.29, 1.82) is 0 Å². The first-order valence-corrected chi connectivity index (χ1v) is 18.2. The van der Waals surface area contributed by atoms with Crippen LogP contribution in [-0.2, 0) is 0 Å². The summed E-state index contributed by atoms with van der Waals surface area (Å²) in [6, 6.07) is 57.5. The topological polar surface area (TPSA) is 51.8 Å². The Labute approximate surface area is 302 Å². The van der Waals surface area contributed by atoms with Gasteiger partial charge in [-0.1, -0.05) is 109 Å². The molecule has 4 nitrogen and oxygen atoms in total. The van der Waals surface area contributed by atoms with Gasteiger partial charge in [0.1, 0.15) is 11.2 Å². The lowest BCUT2D eigenvalue weighted by Gasteiger charge is -2.10. The summed E-state index contributed by atoms with van der Waals surface area (Å²) in [5, 5.41) is 9.11. The minimum atomic E-state index is 0.615. The minimum absolute atomic E-state index is 0.615. The van der Waals surface area contributed by atoms with E-state index in [2.05, 4.69) is 158 Å². The summed E-state index contributed by atoms with van der Waals surface area (Å²) in [6.07, 6.45) is 0. The largest absolute Gasteiger partial charge is 0.455 e. The molecular weight excluding hydrogens is 655 g/mol. The molecule has 0 amide bonds. The van der Waals surface area contributed by atoms with Crippen molar-refractivity contribution in [3.05, 3.63) is 164 Å². The van der Waals surface area contributed by atoms with Crippen molar-refractivity contribution in [2.45, 2.75) is 0 Å². The molecular formula is C47H27N3OS. The van der Waals surface area contributed by atoms with Crippen LogP contribution in [0.2, 0.25) is 0 Å². The number of nitrogens with zero attached hydrogens (tertiary/aromatic N) is 3. The van der Waals surface area contributed by atoms with Gasteiger partial charge in [0, 0.05) is 53.0 Å². The van der Waals surface area contributed by atoms with Gasteiger partial charge in [0.25, 0.3) is 0 Å². The molecule has 0 atom stereocenters. The second-order valence-corrected chi connectivity index (χ2v) is 14.3. The van der Waals surface area contributed by atoms with E-state index in [0.29, 0.717) is 17.5 Å². The lowest BCUT2D eigenvalue weighted by molar-refractivity contribution is 0.672. The Hall–Kier alpha value is -6.69. The van der Waals surface area contributed by atoms with Gasteiger partial charge in [-0.25, -0.2) is 15.0 Å². The number of benzene rings is 8. The predicted molar refractivity (Wildman–Crippen MR) is 217 cm³/mol. The molecule has 0 aliphatic rings. The van der Waals surface area contributed by atoms with Crippen molar-refractivity contribution in [3.63, 3.8) is 0 Å². The first kappa shape index (κ1) is 29.1. The van der Waals surface area contributed by atoms with Crippen LogP contribution < -0.4 is 0 Å². The molecule has 0 bridgehead atoms. The summed E-state index contributed by atoms with van der Waals surface area (Å²) in [5.74, 6) is 1.89. The highest BCUT2D eigenvalue weighted by Crippen LogP contribution is 2.41. The molecule has 0 N–H and O–H groups in total. The zero-order chi connectivity index (χ0) is 34.2. The average Bonchev–Trinajstić information content (AvgIpc) is 3.78. The van der Waals surface area contributed by atoms with Gasteiger partial charge in [0.2, 0.25) is 0 Å². The molecule has 52 heavy (non-hydrogen) atoms. The Balaban J connectivity index is 1.14. The molecule has 3 heterocycles. The molecule has 0 saturated heterocycles. The molecule has 0 fully saturated rings. The highest BCUT2D eigenvalue weighted by atomic mass is 32.1. The molecule has 0 aliphatic heterocycles. The van der Waals surface area contributed by atoms with Crippen molar-refractivity contribution in [3.8, 4) is 45.3 Å². The molecule has 0 aliphatic carbocycles. The first-order valence-electron chi connectivity index (χ1n) is 17.3. The second-order valence-electron chi connectivity index (χ2n) is 13.2. The average molecular weight is 682 g/mol. The number of hydrogen-bond acceptors (Lipinski definition) is 5. The number of thiophene rings is 1. The third-order valence-corrected chi connectivity index (χ3v) is 11.2. The standard InChI is InChI=1S/C47H27N3OS/c1-2-11-29(12-3-1)37-27-40-38-25-32(20-22-41(38)51-44(40)36-16-7-6-14-34(36)37)46-48-45(31-19-18-28-10-4-5-13-30(28)24-31)49-47(50-46)33-21-23-43-39(26-33)35-15-8-9-17-42(35)52-43/h1-27H. The molecule has 11 rings (SSSR count). The van der Waals surface area contributed by atoms with Crippen LogP contribution in [0, 0.1) is 0 Å². The molecule has 0 unspecified atom stereocenters. The molecule has 242 valence electrons. The SMILES string of the molecule is c1ccc(-c2cc3c4cc(-c5nc(-c6ccc7ccccc7c6)nc(-c6ccc7sc8ccccc8c7c6)n5)ccc4oc3c3ccccc23)cc1. The zero-order valence-corrected chi connectivity index (χ0v) is 28.6. The van der Waals surface area contributed by atoms with E-state index in [4.69, 9.17) is 19.4 Å². The summed E-state index contributed by atoms with van der Waals surface area (Å²) in [6.45, 7) is 0. The molecule has 0 radical (unpaired) electrons. The lowest BCUT2D eigenvalue weighted by atomic mass is 9.95. The number of hydrogen-bond donors (Lipinski definition) is 0. The Morgan fingerprint density at radius 2 is 0.962 bits per heavy atom. The summed E-state index contributed by atoms with van der Waals surface area (Å²) in [5.41, 5.74) is 6.85. The van der Waals surface area contributed by atoms with E-state index in [-0.39, 0.29) is 0 Å². The maximum atomic E-state index is 6.59. The Bertz CT molecular complexity index is 3200. The number of aromatic nitrogens is 3. The fourth-order valence-electron chi connectivity index (χ4n) is 7.55. The number of rotatable bonds is 4. The van der Waals surface area contributed by atoms with Gasteiger partial charge in [0.05, 0.1) is 0 Å². The summed E-state index contributed by atoms with van der Waals surface area (Å²) in [4.78, 5) is 15.4. The second kappa shape index (κ2) is 11.4. The van der Waals surface area contributed by atoms with Crippen LogP contribution in [-0.4, -0.2) is 15.0 Å². The van der Waals surface area contributed by atoms with Gasteiger partial charge in [0.15, 0.2) is 17.5 Å². The highest BCUT2D eigenvalue weighted by molar-refractivity contribution is 7.25. The van der Waals surface area contributed by atoms with Crippen LogP contribution in [0.25, 0.3) is 109 Å². The van der Waals surface area contributed by atoms with Crippen molar-refractivity contribution in [2.75, 3.05) is 0 Å². The first-order chi connectivity index (χ1) is 25.7. The van der Waals surface area contributed by atoms with Crippen molar-refractivity contribution < 1.29 is 4.42 Å². The predicted octanol–water partition coefficient (Wildman–Crippen LogP) is 13.1. The fraction of sp³-hybridized carbons (Fsp3) is 0. The van der Waals surface area contributed by atoms with Crippen LogP contribution in [0.1, 0.15) is 0 Å². The third-order valence-electron chi connectivity index (χ3n) is 10.1. The van der Waals surface area contributed by atoms with E-state index in [0.717, 1.165) is 54.8 Å². The van der Waals surface area contributed by atoms with Crippen LogP contribution in [0.4, 0.5) is 0 Å². The molecule has 0 spiro atoms. The monoisotopic (exact) mass is 681 g/mol. The van der Waals surface area contributed by atoms with Crippen LogP contribution in [0.15, 0.2) is 168 Å². The Kier molecular flexibility index (Phi) is 6.39. The van der Waals surface area contributed by atoms with Crippen molar-refractivity contribution in [1.82, 2.24) is 15.0 Å². The van der Waals surface area contributed by atoms with Crippen molar-refractivity contribution >= 4 is 75.0 Å². The maximum Gasteiger partial charge on any atom is 0.164 e. The van der Waals surface area contributed by atoms with E-state index >= 15 is 0 Å². The normalized spacial score (nSPS) is 11.8. The number of fused-ring (bicyclic) bond motifs is 9. The van der Waals surface area contributed by atoms with Gasteiger partial charge in [-0.2, -0.15) is 0 Å². The van der Waals surface area contributed by atoms with E-state index in [9.17, 15) is 0 Å². The Morgan fingerprint density at radius 1 is 0.365 bits per heavy atom. The smallest absolute Gasteiger partial charge is 0.164 e. The van der Waals surface area contributed by atoms with Gasteiger partial charge in [-0.05, 0) is 81.9 Å². The number of furan rings is 1. The van der Waals surface area contributed by atoms with E-state index in [1.165, 1.54) is 36.7 Å². The summed E-state index contributed by atoms with van der Waals surface area (Å²) in [7, 11) is 0. The quantitative estimate of drug-likeness (QED) is 0.185. The van der Waals surface area contributed by atoms with Crippen LogP contribution in [0.3, 0.4) is 0 Å². The van der Waals surface area contributed by atoms with Gasteiger partial charge in [-0.3, -0.25) is 0 Å². The highest BCUT2D eigenvalue weighted by Gasteiger charge is 2.18. The van der Waals surface area contributed by atoms with Gasteiger partial charge < -0.3 is 4.42 Å². The molecule has 11 aromatic rings. The third kappa shape index (κ3) is 4.64. The molecule has 0 saturated carbocycles. The maximum absolute atomic E-state index is 6.59. The van der Waals surface area contributed by atoms with E-state index in [1.54, 1.807) is 0 Å². The van der Waals surface area contributed by atoms with Gasteiger partial charge >= 0.3 is 0 Å². The van der Waals surface area contributed by atoms with Crippen molar-refractivity contribution in [2.24, 2.45) is 0 Å².